The molecule has 5 heteroatoms. The Morgan fingerprint density at radius 2 is 1.83 bits per heavy atom. The molecule has 0 amide bonds. The van der Waals surface area contributed by atoms with Crippen LogP contribution >= 0.6 is 0 Å². The van der Waals surface area contributed by atoms with Crippen molar-refractivity contribution in [2.24, 2.45) is 0 Å². The topological polar surface area (TPSA) is 37.8 Å². The second-order valence-electron chi connectivity index (χ2n) is 6.57. The van der Waals surface area contributed by atoms with Crippen molar-refractivity contribution >= 4 is 22.3 Å². The first-order valence-electron chi connectivity index (χ1n) is 9.89. The van der Waals surface area contributed by atoms with E-state index in [1.807, 2.05) is 25.2 Å². The van der Waals surface area contributed by atoms with E-state index in [-0.39, 0.29) is 0 Å². The van der Waals surface area contributed by atoms with E-state index in [0.717, 1.165) is 22.5 Å². The molecule has 0 atom stereocenters. The predicted molar refractivity (Wildman–Crippen MR) is 123 cm³/mol. The van der Waals surface area contributed by atoms with Crippen LogP contribution in [0.3, 0.4) is 0 Å². The summed E-state index contributed by atoms with van der Waals surface area (Å²) < 4.78 is 27.3. The third kappa shape index (κ3) is 5.38. The van der Waals surface area contributed by atoms with Gasteiger partial charge in [-0.05, 0) is 36.8 Å². The Morgan fingerprint density at radius 3 is 2.43 bits per heavy atom. The molecule has 3 nitrogen and oxygen atoms in total. The van der Waals surface area contributed by atoms with Crippen molar-refractivity contribution < 1.29 is 8.78 Å². The van der Waals surface area contributed by atoms with Gasteiger partial charge in [0.1, 0.15) is 17.5 Å². The molecule has 0 aliphatic heterocycles. The van der Waals surface area contributed by atoms with Gasteiger partial charge in [-0.2, -0.15) is 0 Å². The molecule has 3 rings (SSSR count). The zero-order valence-corrected chi connectivity index (χ0v) is 17.8. The van der Waals surface area contributed by atoms with E-state index in [1.165, 1.54) is 18.6 Å². The molecule has 1 aromatic heterocycles. The number of rotatable bonds is 5. The van der Waals surface area contributed by atoms with E-state index in [0.29, 0.717) is 22.8 Å². The molecule has 30 heavy (non-hydrogen) atoms. The van der Waals surface area contributed by atoms with Crippen LogP contribution in [-0.2, 0) is 0 Å². The van der Waals surface area contributed by atoms with Gasteiger partial charge in [-0.25, -0.2) is 18.7 Å². The summed E-state index contributed by atoms with van der Waals surface area (Å²) >= 11 is 0. The maximum atomic E-state index is 14.1. The molecule has 0 spiro atoms. The highest BCUT2D eigenvalue weighted by Crippen LogP contribution is 2.30. The second-order valence-corrected chi connectivity index (χ2v) is 6.57. The molecule has 0 unspecified atom stereocenters. The van der Waals surface area contributed by atoms with Crippen LogP contribution < -0.4 is 5.32 Å². The molecule has 1 N–H and O–H groups in total. The lowest BCUT2D eigenvalue weighted by atomic mass is 10.0. The minimum absolute atomic E-state index is 0.325. The fourth-order valence-electron chi connectivity index (χ4n) is 2.85. The number of halogens is 2. The van der Waals surface area contributed by atoms with Gasteiger partial charge >= 0.3 is 0 Å². The number of aromatic nitrogens is 2. The summed E-state index contributed by atoms with van der Waals surface area (Å²) in [6.45, 7) is 9.90. The Hall–Kier alpha value is -3.34. The molecule has 2 aromatic carbocycles. The molecule has 3 aromatic rings. The van der Waals surface area contributed by atoms with E-state index < -0.39 is 11.6 Å². The highest BCUT2D eigenvalue weighted by Gasteiger charge is 2.12. The average Bonchev–Trinajstić information content (AvgIpc) is 2.73. The van der Waals surface area contributed by atoms with Gasteiger partial charge in [0.2, 0.25) is 0 Å². The number of anilines is 1. The van der Waals surface area contributed by atoms with Gasteiger partial charge in [0.05, 0.1) is 5.52 Å². The number of allylic oxidation sites excluding steroid dienone is 5. The maximum absolute atomic E-state index is 14.1. The van der Waals surface area contributed by atoms with Crippen LogP contribution in [0.1, 0.15) is 33.0 Å². The summed E-state index contributed by atoms with van der Waals surface area (Å²) in [5, 5.41) is 3.82. The first-order valence-corrected chi connectivity index (χ1v) is 9.89. The normalized spacial score (nSPS) is 11.3. The van der Waals surface area contributed by atoms with Crippen molar-refractivity contribution in [2.75, 3.05) is 12.4 Å². The first kappa shape index (κ1) is 22.9. The van der Waals surface area contributed by atoms with E-state index in [4.69, 9.17) is 0 Å². The fourth-order valence-corrected chi connectivity index (χ4v) is 2.85. The molecule has 0 fully saturated rings. The number of fused-ring (bicyclic) bond motifs is 1. The molecule has 0 saturated carbocycles. The molecule has 0 radical (unpaired) electrons. The number of hydrogen-bond donors (Lipinski definition) is 1. The minimum Gasteiger partial charge on any atom is -0.373 e. The van der Waals surface area contributed by atoms with Crippen LogP contribution in [0.2, 0.25) is 0 Å². The lowest BCUT2D eigenvalue weighted by Gasteiger charge is -2.11. The van der Waals surface area contributed by atoms with Crippen molar-refractivity contribution in [3.63, 3.8) is 0 Å². The van der Waals surface area contributed by atoms with Gasteiger partial charge in [-0.1, -0.05) is 57.2 Å². The lowest BCUT2D eigenvalue weighted by molar-refractivity contribution is 0.585. The third-order valence-electron chi connectivity index (χ3n) is 4.08. The van der Waals surface area contributed by atoms with Crippen LogP contribution in [0, 0.1) is 11.6 Å². The van der Waals surface area contributed by atoms with E-state index >= 15 is 0 Å². The fraction of sp³-hybridized carbons (Fsp3) is 0.200. The molecular formula is C25H27F2N3. The Balaban J connectivity index is 0.00000101. The Kier molecular flexibility index (Phi) is 8.41. The number of nitrogens with zero attached hydrogens (tertiary/aromatic N) is 2. The van der Waals surface area contributed by atoms with Crippen molar-refractivity contribution in [1.82, 2.24) is 9.97 Å². The number of benzene rings is 2. The van der Waals surface area contributed by atoms with Gasteiger partial charge in [0.25, 0.3) is 0 Å². The summed E-state index contributed by atoms with van der Waals surface area (Å²) in [5.74, 6) is -0.0296. The van der Waals surface area contributed by atoms with E-state index in [1.54, 1.807) is 31.3 Å². The van der Waals surface area contributed by atoms with Crippen LogP contribution in [0.5, 0.6) is 0 Å². The summed E-state index contributed by atoms with van der Waals surface area (Å²) in [4.78, 5) is 9.21. The monoisotopic (exact) mass is 407 g/mol. The van der Waals surface area contributed by atoms with Crippen molar-refractivity contribution in [2.45, 2.75) is 27.2 Å². The van der Waals surface area contributed by atoms with Crippen molar-refractivity contribution in [3.05, 3.63) is 84.7 Å². The van der Waals surface area contributed by atoms with Gasteiger partial charge < -0.3 is 5.32 Å². The highest BCUT2D eigenvalue weighted by atomic mass is 19.1. The molecule has 1 heterocycles. The Labute approximate surface area is 176 Å². The zero-order chi connectivity index (χ0) is 22.1. The highest BCUT2D eigenvalue weighted by molar-refractivity contribution is 5.94. The van der Waals surface area contributed by atoms with Crippen LogP contribution in [0.25, 0.3) is 27.6 Å². The van der Waals surface area contributed by atoms with Gasteiger partial charge in [-0.15, -0.1) is 0 Å². The molecule has 0 aliphatic carbocycles. The minimum atomic E-state index is -0.609. The Bertz CT molecular complexity index is 1090. The molecule has 0 saturated heterocycles. The largest absolute Gasteiger partial charge is 0.373 e. The zero-order valence-electron chi connectivity index (χ0n) is 17.8. The first-order chi connectivity index (χ1) is 14.5. The quantitative estimate of drug-likeness (QED) is 0.455. The average molecular weight is 408 g/mol. The predicted octanol–water partition coefficient (Wildman–Crippen LogP) is 7.18. The summed E-state index contributed by atoms with van der Waals surface area (Å²) in [7, 11) is 1.77. The smallest absolute Gasteiger partial charge is 0.162 e. The SMILES string of the molecule is C=C/C=C(\C=C/C)c1nc(NC)c2cc(-c3ccc(F)cc3F)ccc2n1.CCC. The van der Waals surface area contributed by atoms with Gasteiger partial charge in [0.15, 0.2) is 5.82 Å². The standard InChI is InChI=1S/C22H19F2N3.C3H8/c1-4-6-14(7-5-2)21-26-20-11-8-15(12-18(20)22(25-3)27-21)17-10-9-16(23)13-19(17)24;1-3-2/h4-13H,1H2,2-3H3,(H,25,26,27);3H2,1-2H3/b7-5-,14-6+;. The molecular weight excluding hydrogens is 380 g/mol. The molecule has 0 aliphatic rings. The summed E-state index contributed by atoms with van der Waals surface area (Å²) in [5.41, 5.74) is 2.50. The van der Waals surface area contributed by atoms with Crippen LogP contribution in [0.15, 0.2) is 67.3 Å². The van der Waals surface area contributed by atoms with E-state index in [2.05, 4.69) is 35.7 Å². The van der Waals surface area contributed by atoms with Crippen LogP contribution in [-0.4, -0.2) is 17.0 Å². The second kappa shape index (κ2) is 11.0. The van der Waals surface area contributed by atoms with Crippen molar-refractivity contribution in [3.8, 4) is 11.1 Å². The number of hydrogen-bond acceptors (Lipinski definition) is 3. The maximum Gasteiger partial charge on any atom is 0.162 e. The van der Waals surface area contributed by atoms with Crippen LogP contribution in [0.4, 0.5) is 14.6 Å². The van der Waals surface area contributed by atoms with Gasteiger partial charge in [0, 0.05) is 29.6 Å². The third-order valence-corrected chi connectivity index (χ3v) is 4.08. The Morgan fingerprint density at radius 1 is 1.10 bits per heavy atom. The molecule has 156 valence electrons. The van der Waals surface area contributed by atoms with Gasteiger partial charge in [-0.3, -0.25) is 0 Å². The van der Waals surface area contributed by atoms with Crippen molar-refractivity contribution in [1.29, 1.82) is 0 Å². The molecule has 0 bridgehead atoms. The lowest BCUT2D eigenvalue weighted by Crippen LogP contribution is -2.01. The van der Waals surface area contributed by atoms with E-state index in [9.17, 15) is 8.78 Å². The number of nitrogens with one attached hydrogen (secondary N) is 1. The summed E-state index contributed by atoms with van der Waals surface area (Å²) in [6, 6.07) is 8.92. The summed E-state index contributed by atoms with van der Waals surface area (Å²) in [6.07, 6.45) is 8.58.